The van der Waals surface area contributed by atoms with Crippen molar-refractivity contribution in [2.24, 2.45) is 5.16 Å². The number of oxime groups is 1. The first-order chi connectivity index (χ1) is 9.65. The predicted molar refractivity (Wildman–Crippen MR) is 78.2 cm³/mol. The third-order valence-corrected chi connectivity index (χ3v) is 3.41. The van der Waals surface area contributed by atoms with Gasteiger partial charge in [-0.3, -0.25) is 0 Å². The highest BCUT2D eigenvalue weighted by molar-refractivity contribution is 6.30. The van der Waals surface area contributed by atoms with Gasteiger partial charge in [0.15, 0.2) is 6.10 Å². The molecule has 0 saturated heterocycles. The van der Waals surface area contributed by atoms with Crippen molar-refractivity contribution in [2.75, 3.05) is 0 Å². The molecule has 4 nitrogen and oxygen atoms in total. The molecule has 20 heavy (non-hydrogen) atoms. The second kappa shape index (κ2) is 7.29. The van der Waals surface area contributed by atoms with E-state index in [4.69, 9.17) is 21.2 Å². The van der Waals surface area contributed by atoms with Gasteiger partial charge in [0, 0.05) is 5.02 Å². The monoisotopic (exact) mass is 295 g/mol. The van der Waals surface area contributed by atoms with E-state index in [9.17, 15) is 4.79 Å². The van der Waals surface area contributed by atoms with Gasteiger partial charge in [-0.2, -0.15) is 0 Å². The van der Waals surface area contributed by atoms with Gasteiger partial charge >= 0.3 is 5.97 Å². The number of hydrogen-bond donors (Lipinski definition) is 0. The SMILES string of the molecule is CC(Oc1ccc(Cl)cc1)C(=O)ON=C1CCCCC1. The predicted octanol–water partition coefficient (Wildman–Crippen LogP) is 3.97. The highest BCUT2D eigenvalue weighted by Gasteiger charge is 2.17. The summed E-state index contributed by atoms with van der Waals surface area (Å²) in [6.07, 6.45) is 4.59. The van der Waals surface area contributed by atoms with E-state index in [2.05, 4.69) is 5.16 Å². The molecule has 1 fully saturated rings. The molecule has 0 heterocycles. The van der Waals surface area contributed by atoms with Crippen LogP contribution in [0.1, 0.15) is 39.0 Å². The van der Waals surface area contributed by atoms with Gasteiger partial charge in [-0.25, -0.2) is 4.79 Å². The van der Waals surface area contributed by atoms with Crippen LogP contribution >= 0.6 is 11.6 Å². The van der Waals surface area contributed by atoms with E-state index < -0.39 is 12.1 Å². The van der Waals surface area contributed by atoms with Crippen LogP contribution in [0, 0.1) is 0 Å². The Morgan fingerprint density at radius 1 is 1.20 bits per heavy atom. The standard InChI is InChI=1S/C15H18ClNO3/c1-11(19-14-9-7-12(16)8-10-14)15(18)20-17-13-5-3-2-4-6-13/h7-11H,2-6H2,1H3. The minimum atomic E-state index is -0.705. The van der Waals surface area contributed by atoms with Crippen molar-refractivity contribution in [3.63, 3.8) is 0 Å². The van der Waals surface area contributed by atoms with Crippen LogP contribution in [-0.2, 0) is 9.63 Å². The fourth-order valence-electron chi connectivity index (χ4n) is 2.00. The molecule has 2 rings (SSSR count). The van der Waals surface area contributed by atoms with Crippen molar-refractivity contribution >= 4 is 23.3 Å². The van der Waals surface area contributed by atoms with Gasteiger partial charge in [0.25, 0.3) is 0 Å². The second-order valence-electron chi connectivity index (χ2n) is 4.84. The number of carbonyl (C=O) groups excluding carboxylic acids is 1. The van der Waals surface area contributed by atoms with Crippen LogP contribution in [0.25, 0.3) is 0 Å². The van der Waals surface area contributed by atoms with E-state index in [1.807, 2.05) is 0 Å². The van der Waals surface area contributed by atoms with E-state index in [1.165, 1.54) is 6.42 Å². The molecule has 1 aliphatic rings. The molecule has 1 saturated carbocycles. The Hall–Kier alpha value is -1.55. The zero-order valence-corrected chi connectivity index (χ0v) is 12.2. The lowest BCUT2D eigenvalue weighted by atomic mass is 9.99. The van der Waals surface area contributed by atoms with E-state index in [1.54, 1.807) is 31.2 Å². The number of halogens is 1. The Morgan fingerprint density at radius 2 is 1.85 bits per heavy atom. The molecule has 108 valence electrons. The fraction of sp³-hybridized carbons (Fsp3) is 0.467. The average Bonchev–Trinajstić information content (AvgIpc) is 2.48. The Morgan fingerprint density at radius 3 is 2.50 bits per heavy atom. The van der Waals surface area contributed by atoms with Gasteiger partial charge in [0.05, 0.1) is 5.71 Å². The Balaban J connectivity index is 1.83. The summed E-state index contributed by atoms with van der Waals surface area (Å²) < 4.78 is 5.47. The van der Waals surface area contributed by atoms with Gasteiger partial charge in [-0.1, -0.05) is 23.2 Å². The molecule has 1 aromatic carbocycles. The summed E-state index contributed by atoms with van der Waals surface area (Å²) in [6.45, 7) is 1.64. The van der Waals surface area contributed by atoms with Crippen LogP contribution in [0.4, 0.5) is 0 Å². The van der Waals surface area contributed by atoms with Crippen molar-refractivity contribution < 1.29 is 14.4 Å². The summed E-state index contributed by atoms with van der Waals surface area (Å²) in [5.74, 6) is 0.0854. The van der Waals surface area contributed by atoms with Gasteiger partial charge in [0.2, 0.25) is 0 Å². The number of hydrogen-bond acceptors (Lipinski definition) is 4. The van der Waals surface area contributed by atoms with Gasteiger partial charge < -0.3 is 9.57 Å². The minimum Gasteiger partial charge on any atom is -0.479 e. The van der Waals surface area contributed by atoms with Crippen molar-refractivity contribution in [1.29, 1.82) is 0 Å². The van der Waals surface area contributed by atoms with E-state index in [0.717, 1.165) is 31.4 Å². The van der Waals surface area contributed by atoms with Crippen LogP contribution in [0.15, 0.2) is 29.4 Å². The molecule has 0 spiro atoms. The molecule has 1 unspecified atom stereocenters. The lowest BCUT2D eigenvalue weighted by Gasteiger charge is -2.14. The highest BCUT2D eigenvalue weighted by Crippen LogP contribution is 2.18. The van der Waals surface area contributed by atoms with Crippen molar-refractivity contribution in [2.45, 2.75) is 45.1 Å². The third kappa shape index (κ3) is 4.53. The Labute approximate surface area is 123 Å². The summed E-state index contributed by atoms with van der Waals surface area (Å²) in [4.78, 5) is 16.7. The maximum absolute atomic E-state index is 11.8. The van der Waals surface area contributed by atoms with E-state index in [0.29, 0.717) is 10.8 Å². The molecule has 0 aliphatic heterocycles. The number of rotatable bonds is 4. The third-order valence-electron chi connectivity index (χ3n) is 3.15. The van der Waals surface area contributed by atoms with Crippen LogP contribution < -0.4 is 4.74 Å². The summed E-state index contributed by atoms with van der Waals surface area (Å²) in [5.41, 5.74) is 0.961. The zero-order valence-electron chi connectivity index (χ0n) is 11.5. The molecule has 5 heteroatoms. The molecule has 0 amide bonds. The quantitative estimate of drug-likeness (QED) is 0.624. The van der Waals surface area contributed by atoms with Crippen molar-refractivity contribution in [3.05, 3.63) is 29.3 Å². The Bertz CT molecular complexity index is 476. The summed E-state index contributed by atoms with van der Waals surface area (Å²) in [6, 6.07) is 6.83. The summed E-state index contributed by atoms with van der Waals surface area (Å²) >= 11 is 5.78. The smallest absolute Gasteiger partial charge is 0.374 e. The van der Waals surface area contributed by atoms with Crippen LogP contribution in [-0.4, -0.2) is 17.8 Å². The lowest BCUT2D eigenvalue weighted by Crippen LogP contribution is -2.25. The van der Waals surface area contributed by atoms with Crippen molar-refractivity contribution in [1.82, 2.24) is 0 Å². The lowest BCUT2D eigenvalue weighted by molar-refractivity contribution is -0.151. The largest absolute Gasteiger partial charge is 0.479 e. The normalized spacial score (nSPS) is 16.4. The van der Waals surface area contributed by atoms with Gasteiger partial charge in [-0.15, -0.1) is 0 Å². The summed E-state index contributed by atoms with van der Waals surface area (Å²) in [5, 5.41) is 4.55. The number of nitrogens with zero attached hydrogens (tertiary/aromatic N) is 1. The van der Waals surface area contributed by atoms with Crippen molar-refractivity contribution in [3.8, 4) is 5.75 Å². The van der Waals surface area contributed by atoms with Gasteiger partial charge in [0.1, 0.15) is 5.75 Å². The zero-order chi connectivity index (χ0) is 14.4. The molecule has 1 aromatic rings. The molecule has 0 N–H and O–H groups in total. The maximum Gasteiger partial charge on any atom is 0.374 e. The summed E-state index contributed by atoms with van der Waals surface area (Å²) in [7, 11) is 0. The van der Waals surface area contributed by atoms with E-state index >= 15 is 0 Å². The highest BCUT2D eigenvalue weighted by atomic mass is 35.5. The molecular weight excluding hydrogens is 278 g/mol. The topological polar surface area (TPSA) is 47.9 Å². The number of ether oxygens (including phenoxy) is 1. The first-order valence-electron chi connectivity index (χ1n) is 6.84. The Kier molecular flexibility index (Phi) is 5.41. The molecule has 0 aromatic heterocycles. The van der Waals surface area contributed by atoms with Crippen LogP contribution in [0.2, 0.25) is 5.02 Å². The second-order valence-corrected chi connectivity index (χ2v) is 5.28. The van der Waals surface area contributed by atoms with Crippen LogP contribution in [0.3, 0.4) is 0 Å². The van der Waals surface area contributed by atoms with Crippen LogP contribution in [0.5, 0.6) is 5.75 Å². The maximum atomic E-state index is 11.8. The molecule has 1 aliphatic carbocycles. The fourth-order valence-corrected chi connectivity index (χ4v) is 2.13. The first kappa shape index (κ1) is 14.9. The molecule has 0 radical (unpaired) electrons. The molecule has 1 atom stereocenters. The van der Waals surface area contributed by atoms with E-state index in [-0.39, 0.29) is 0 Å². The first-order valence-corrected chi connectivity index (χ1v) is 7.22. The molecular formula is C15H18ClNO3. The van der Waals surface area contributed by atoms with Gasteiger partial charge in [-0.05, 0) is 56.9 Å². The number of carbonyl (C=O) groups is 1. The molecule has 0 bridgehead atoms. The number of benzene rings is 1. The minimum absolute atomic E-state index is 0.488. The average molecular weight is 296 g/mol.